The lowest BCUT2D eigenvalue weighted by molar-refractivity contribution is -0.246. The van der Waals surface area contributed by atoms with Crippen LogP contribution in [0.2, 0.25) is 0 Å². The first kappa shape index (κ1) is 17.8. The van der Waals surface area contributed by atoms with Crippen LogP contribution in [0.15, 0.2) is 29.2 Å². The van der Waals surface area contributed by atoms with Crippen LogP contribution in [0.1, 0.15) is 12.0 Å². The zero-order chi connectivity index (χ0) is 17.7. The normalized spacial score (nSPS) is 34.6. The van der Waals surface area contributed by atoms with Crippen molar-refractivity contribution in [2.24, 2.45) is 11.8 Å². The lowest BCUT2D eigenvalue weighted by atomic mass is 9.93. The lowest BCUT2D eigenvalue weighted by Crippen LogP contribution is -2.45. The SMILES string of the molecule is COC1(OC)[C@H]2[C@@H](O)[C@@H](O)[C@@H]1C[C@@H]2OS(=O)(=O)c1ccc(C)cc1. The number of methoxy groups -OCH3 is 2. The van der Waals surface area contributed by atoms with Crippen LogP contribution in [0.5, 0.6) is 0 Å². The number of hydrogen-bond donors (Lipinski definition) is 2. The van der Waals surface area contributed by atoms with E-state index in [1.165, 1.54) is 26.4 Å². The van der Waals surface area contributed by atoms with E-state index in [0.29, 0.717) is 0 Å². The fourth-order valence-corrected chi connectivity index (χ4v) is 5.14. The minimum atomic E-state index is -3.99. The second kappa shape index (κ2) is 6.05. The van der Waals surface area contributed by atoms with Crippen molar-refractivity contribution in [2.75, 3.05) is 14.2 Å². The van der Waals surface area contributed by atoms with Crippen LogP contribution in [-0.4, -0.2) is 56.9 Å². The molecule has 24 heavy (non-hydrogen) atoms. The maximum absolute atomic E-state index is 12.5. The lowest BCUT2D eigenvalue weighted by Gasteiger charge is -2.32. The first-order chi connectivity index (χ1) is 11.3. The topological polar surface area (TPSA) is 102 Å². The molecule has 8 heteroatoms. The summed E-state index contributed by atoms with van der Waals surface area (Å²) in [5, 5.41) is 20.4. The quantitative estimate of drug-likeness (QED) is 0.581. The molecule has 0 amide bonds. The highest BCUT2D eigenvalue weighted by Gasteiger charge is 2.70. The fourth-order valence-electron chi connectivity index (χ4n) is 4.03. The molecule has 2 aliphatic rings. The monoisotopic (exact) mass is 358 g/mol. The van der Waals surface area contributed by atoms with Gasteiger partial charge in [-0.25, -0.2) is 0 Å². The summed E-state index contributed by atoms with van der Waals surface area (Å²) in [6.45, 7) is 1.86. The molecule has 2 N–H and O–H groups in total. The maximum Gasteiger partial charge on any atom is 0.297 e. The van der Waals surface area contributed by atoms with Crippen molar-refractivity contribution in [3.8, 4) is 0 Å². The summed E-state index contributed by atoms with van der Waals surface area (Å²) in [7, 11) is -1.18. The van der Waals surface area contributed by atoms with Gasteiger partial charge in [0.1, 0.15) is 0 Å². The molecule has 1 aromatic carbocycles. The minimum Gasteiger partial charge on any atom is -0.390 e. The molecule has 2 saturated carbocycles. The Balaban J connectivity index is 1.88. The average Bonchev–Trinajstić information content (AvgIpc) is 2.96. The van der Waals surface area contributed by atoms with Gasteiger partial charge >= 0.3 is 0 Å². The molecule has 2 aliphatic carbocycles. The van der Waals surface area contributed by atoms with Gasteiger partial charge in [-0.1, -0.05) is 17.7 Å². The molecule has 5 atom stereocenters. The molecule has 0 saturated heterocycles. The van der Waals surface area contributed by atoms with Gasteiger partial charge in [-0.15, -0.1) is 0 Å². The van der Waals surface area contributed by atoms with E-state index in [0.717, 1.165) is 5.56 Å². The van der Waals surface area contributed by atoms with Gasteiger partial charge in [0.05, 0.1) is 29.1 Å². The second-order valence-electron chi connectivity index (χ2n) is 6.38. The molecule has 0 aromatic heterocycles. The van der Waals surface area contributed by atoms with Gasteiger partial charge in [-0.05, 0) is 25.5 Å². The summed E-state index contributed by atoms with van der Waals surface area (Å²) in [5.41, 5.74) is 0.935. The number of ether oxygens (including phenoxy) is 2. The fraction of sp³-hybridized carbons (Fsp3) is 0.625. The highest BCUT2D eigenvalue weighted by Crippen LogP contribution is 2.55. The van der Waals surface area contributed by atoms with Crippen LogP contribution in [0.25, 0.3) is 0 Å². The Morgan fingerprint density at radius 2 is 1.67 bits per heavy atom. The first-order valence-electron chi connectivity index (χ1n) is 7.73. The summed E-state index contributed by atoms with van der Waals surface area (Å²) < 4.78 is 41.2. The van der Waals surface area contributed by atoms with Crippen molar-refractivity contribution in [2.45, 2.75) is 42.3 Å². The summed E-state index contributed by atoms with van der Waals surface area (Å²) in [4.78, 5) is 0.0475. The molecule has 2 bridgehead atoms. The molecule has 0 spiro atoms. The van der Waals surface area contributed by atoms with Crippen molar-refractivity contribution in [3.05, 3.63) is 29.8 Å². The highest BCUT2D eigenvalue weighted by molar-refractivity contribution is 7.86. The molecule has 1 aromatic rings. The third kappa shape index (κ3) is 2.49. The van der Waals surface area contributed by atoms with E-state index < -0.39 is 46.1 Å². The predicted octanol–water partition coefficient (Wildman–Crippen LogP) is 0.430. The third-order valence-electron chi connectivity index (χ3n) is 5.20. The van der Waals surface area contributed by atoms with Gasteiger partial charge in [0.15, 0.2) is 5.79 Å². The van der Waals surface area contributed by atoms with E-state index in [-0.39, 0.29) is 11.3 Å². The number of aliphatic hydroxyl groups is 2. The molecule has 7 nitrogen and oxygen atoms in total. The van der Waals surface area contributed by atoms with E-state index in [1.807, 2.05) is 6.92 Å². The number of aryl methyl sites for hydroxylation is 1. The van der Waals surface area contributed by atoms with Crippen LogP contribution in [-0.2, 0) is 23.8 Å². The number of benzene rings is 1. The van der Waals surface area contributed by atoms with Crippen molar-refractivity contribution >= 4 is 10.1 Å². The van der Waals surface area contributed by atoms with E-state index >= 15 is 0 Å². The molecule has 3 rings (SSSR count). The largest absolute Gasteiger partial charge is 0.390 e. The molecule has 0 aliphatic heterocycles. The van der Waals surface area contributed by atoms with Gasteiger partial charge < -0.3 is 19.7 Å². The Hall–Kier alpha value is -1.03. The molecule has 0 unspecified atom stereocenters. The number of hydrogen-bond acceptors (Lipinski definition) is 7. The van der Waals surface area contributed by atoms with Crippen molar-refractivity contribution in [1.82, 2.24) is 0 Å². The zero-order valence-corrected chi connectivity index (χ0v) is 14.6. The van der Waals surface area contributed by atoms with E-state index in [9.17, 15) is 18.6 Å². The summed E-state index contributed by atoms with van der Waals surface area (Å²) >= 11 is 0. The van der Waals surface area contributed by atoms with Crippen LogP contribution >= 0.6 is 0 Å². The first-order valence-corrected chi connectivity index (χ1v) is 9.14. The van der Waals surface area contributed by atoms with E-state index in [1.54, 1.807) is 12.1 Å². The zero-order valence-electron chi connectivity index (χ0n) is 13.7. The standard InChI is InChI=1S/C16H22O7S/c1-9-4-6-10(7-5-9)24(19,20)23-12-8-11-14(17)15(18)13(12)16(11,21-2)22-3/h4-7,11-15,17-18H,8H2,1-3H3/t11-,12-,13+,14-,15+/m0/s1. The van der Waals surface area contributed by atoms with Crippen LogP contribution in [0, 0.1) is 18.8 Å². The molecular formula is C16H22O7S. The maximum atomic E-state index is 12.5. The number of aliphatic hydroxyl groups excluding tert-OH is 2. The Bertz CT molecular complexity index is 696. The predicted molar refractivity (Wildman–Crippen MR) is 83.6 cm³/mol. The second-order valence-corrected chi connectivity index (χ2v) is 7.95. The number of fused-ring (bicyclic) bond motifs is 2. The van der Waals surface area contributed by atoms with Gasteiger partial charge in [-0.3, -0.25) is 4.18 Å². The van der Waals surface area contributed by atoms with Gasteiger partial charge in [0, 0.05) is 20.1 Å². The van der Waals surface area contributed by atoms with Crippen molar-refractivity contribution < 1.29 is 32.3 Å². The van der Waals surface area contributed by atoms with Crippen LogP contribution < -0.4 is 0 Å². The highest BCUT2D eigenvalue weighted by atomic mass is 32.2. The molecular weight excluding hydrogens is 336 g/mol. The van der Waals surface area contributed by atoms with Crippen LogP contribution in [0.4, 0.5) is 0 Å². The van der Waals surface area contributed by atoms with Crippen LogP contribution in [0.3, 0.4) is 0 Å². The third-order valence-corrected chi connectivity index (χ3v) is 6.55. The molecule has 0 radical (unpaired) electrons. The minimum absolute atomic E-state index is 0.0475. The van der Waals surface area contributed by atoms with E-state index in [2.05, 4.69) is 0 Å². The Kier molecular flexibility index (Phi) is 4.48. The van der Waals surface area contributed by atoms with Crippen molar-refractivity contribution in [1.29, 1.82) is 0 Å². The molecule has 134 valence electrons. The summed E-state index contributed by atoms with van der Waals surface area (Å²) in [5.74, 6) is -2.62. The Labute approximate surface area is 141 Å². The summed E-state index contributed by atoms with van der Waals surface area (Å²) in [6.07, 6.45) is -2.84. The smallest absolute Gasteiger partial charge is 0.297 e. The average molecular weight is 358 g/mol. The van der Waals surface area contributed by atoms with Crippen molar-refractivity contribution in [3.63, 3.8) is 0 Å². The van der Waals surface area contributed by atoms with Gasteiger partial charge in [0.25, 0.3) is 10.1 Å². The molecule has 0 heterocycles. The molecule has 2 fully saturated rings. The van der Waals surface area contributed by atoms with Gasteiger partial charge in [0.2, 0.25) is 0 Å². The Morgan fingerprint density at radius 3 is 2.17 bits per heavy atom. The van der Waals surface area contributed by atoms with E-state index in [4.69, 9.17) is 13.7 Å². The number of rotatable bonds is 5. The summed E-state index contributed by atoms with van der Waals surface area (Å²) in [6, 6.07) is 6.32. The Morgan fingerprint density at radius 1 is 1.08 bits per heavy atom. The van der Waals surface area contributed by atoms with Gasteiger partial charge in [-0.2, -0.15) is 8.42 Å².